The van der Waals surface area contributed by atoms with Gasteiger partial charge in [-0.25, -0.2) is 0 Å². The molecule has 1 rings (SSSR count). The van der Waals surface area contributed by atoms with E-state index in [-0.39, 0.29) is 39.6 Å². The van der Waals surface area contributed by atoms with Crippen LogP contribution in [0.2, 0.25) is 0 Å². The summed E-state index contributed by atoms with van der Waals surface area (Å²) in [5.41, 5.74) is 4.36. The molecule has 0 unspecified atom stereocenters. The predicted molar refractivity (Wildman–Crippen MR) is 148 cm³/mol. The zero-order valence-electron chi connectivity index (χ0n) is 23.9. The summed E-state index contributed by atoms with van der Waals surface area (Å²) >= 11 is 0. The fraction of sp³-hybridized carbons (Fsp3) is 0.562. The number of allylic oxidation sites excluding steroid dienone is 5. The van der Waals surface area contributed by atoms with Gasteiger partial charge in [-0.15, -0.1) is 0 Å². The first kappa shape index (κ1) is 29.8. The van der Waals surface area contributed by atoms with Crippen LogP contribution >= 0.6 is 0 Å². The third kappa shape index (κ3) is 9.20. The number of hydrogen-bond donors (Lipinski definition) is 0. The number of ketones is 2. The number of rotatable bonds is 7. The van der Waals surface area contributed by atoms with Crippen LogP contribution in [0.5, 0.6) is 0 Å². The Kier molecular flexibility index (Phi) is 9.28. The molecule has 0 fully saturated rings. The van der Waals surface area contributed by atoms with Crippen molar-refractivity contribution in [1.82, 2.24) is 0 Å². The number of hydrogen-bond acceptors (Lipinski definition) is 2. The van der Waals surface area contributed by atoms with Crippen molar-refractivity contribution in [2.45, 2.75) is 107 Å². The molecule has 0 N–H and O–H groups in total. The fourth-order valence-corrected chi connectivity index (χ4v) is 3.47. The van der Waals surface area contributed by atoms with Crippen LogP contribution in [0.15, 0.2) is 54.2 Å². The average Bonchev–Trinajstić information content (AvgIpc) is 2.64. The molecule has 0 aromatic heterocycles. The van der Waals surface area contributed by atoms with Gasteiger partial charge in [0, 0.05) is 11.1 Å². The summed E-state index contributed by atoms with van der Waals surface area (Å²) in [6, 6.07) is 5.93. The van der Waals surface area contributed by atoms with Gasteiger partial charge in [-0.1, -0.05) is 120 Å². The van der Waals surface area contributed by atoms with Crippen LogP contribution in [0.25, 0.3) is 0 Å². The van der Waals surface area contributed by atoms with Gasteiger partial charge in [-0.3, -0.25) is 9.59 Å². The summed E-state index contributed by atoms with van der Waals surface area (Å²) in [5.74, 6) is -0.287. The van der Waals surface area contributed by atoms with E-state index in [0.717, 1.165) is 17.6 Å². The maximum absolute atomic E-state index is 13.2. The minimum absolute atomic E-state index is 0.0247. The molecular weight excluding hydrogens is 416 g/mol. The van der Waals surface area contributed by atoms with Crippen LogP contribution in [-0.2, 0) is 15.6 Å². The SMILES string of the molecule is C=C(/C=C\C(=C/CC(C)(C)C)C(=O)CC(=O)c1ccc(C(C)(C)C)c(C(C)(C)C)c1)C(C)(C)C. The molecule has 0 aliphatic rings. The molecular formula is C32H48O2. The Morgan fingerprint density at radius 2 is 1.32 bits per heavy atom. The third-order valence-electron chi connectivity index (χ3n) is 5.96. The van der Waals surface area contributed by atoms with Gasteiger partial charge >= 0.3 is 0 Å². The van der Waals surface area contributed by atoms with Crippen molar-refractivity contribution in [1.29, 1.82) is 0 Å². The van der Waals surface area contributed by atoms with Crippen LogP contribution in [0, 0.1) is 10.8 Å². The lowest BCUT2D eigenvalue weighted by Gasteiger charge is -2.30. The molecule has 34 heavy (non-hydrogen) atoms. The van der Waals surface area contributed by atoms with Gasteiger partial charge in [0.1, 0.15) is 0 Å². The van der Waals surface area contributed by atoms with Gasteiger partial charge in [-0.2, -0.15) is 0 Å². The molecule has 0 spiro atoms. The van der Waals surface area contributed by atoms with E-state index < -0.39 is 0 Å². The maximum atomic E-state index is 13.2. The molecule has 0 bridgehead atoms. The van der Waals surface area contributed by atoms with E-state index in [1.165, 1.54) is 5.56 Å². The smallest absolute Gasteiger partial charge is 0.170 e. The summed E-state index contributed by atoms with van der Waals surface area (Å²) in [4.78, 5) is 26.5. The highest BCUT2D eigenvalue weighted by Gasteiger charge is 2.26. The molecule has 0 heterocycles. The Morgan fingerprint density at radius 1 is 0.794 bits per heavy atom. The molecule has 0 amide bonds. The van der Waals surface area contributed by atoms with Gasteiger partial charge in [0.25, 0.3) is 0 Å². The monoisotopic (exact) mass is 464 g/mol. The first-order valence-corrected chi connectivity index (χ1v) is 12.4. The van der Waals surface area contributed by atoms with E-state index in [0.29, 0.717) is 11.1 Å². The first-order chi connectivity index (χ1) is 15.1. The number of benzene rings is 1. The summed E-state index contributed by atoms with van der Waals surface area (Å²) < 4.78 is 0. The molecule has 1 aromatic rings. The number of carbonyl (C=O) groups is 2. The normalized spacial score (nSPS) is 13.9. The quantitative estimate of drug-likeness (QED) is 0.175. The van der Waals surface area contributed by atoms with Crippen molar-refractivity contribution in [3.05, 3.63) is 70.8 Å². The average molecular weight is 465 g/mol. The van der Waals surface area contributed by atoms with E-state index in [1.54, 1.807) is 0 Å². The zero-order valence-corrected chi connectivity index (χ0v) is 23.9. The van der Waals surface area contributed by atoms with Crippen molar-refractivity contribution in [3.8, 4) is 0 Å². The topological polar surface area (TPSA) is 34.1 Å². The molecule has 0 aliphatic carbocycles. The second-order valence-corrected chi connectivity index (χ2v) is 13.8. The molecule has 2 heteroatoms. The third-order valence-corrected chi connectivity index (χ3v) is 5.96. The summed E-state index contributed by atoms with van der Waals surface area (Å²) in [7, 11) is 0. The van der Waals surface area contributed by atoms with E-state index >= 15 is 0 Å². The molecule has 2 nitrogen and oxygen atoms in total. The Hall–Kier alpha value is -2.22. The Bertz CT molecular complexity index is 972. The lowest BCUT2D eigenvalue weighted by atomic mass is 9.74. The minimum Gasteiger partial charge on any atom is -0.294 e. The molecule has 0 aliphatic heterocycles. The largest absolute Gasteiger partial charge is 0.294 e. The first-order valence-electron chi connectivity index (χ1n) is 12.4. The Morgan fingerprint density at radius 3 is 1.76 bits per heavy atom. The summed E-state index contributed by atoms with van der Waals surface area (Å²) in [6.45, 7) is 29.9. The van der Waals surface area contributed by atoms with Crippen LogP contribution in [0.1, 0.15) is 117 Å². The van der Waals surface area contributed by atoms with Crippen molar-refractivity contribution in [2.24, 2.45) is 10.8 Å². The van der Waals surface area contributed by atoms with Crippen LogP contribution in [0.4, 0.5) is 0 Å². The molecule has 0 saturated carbocycles. The molecule has 0 atom stereocenters. The van der Waals surface area contributed by atoms with Gasteiger partial charge in [0.15, 0.2) is 11.6 Å². The fourth-order valence-electron chi connectivity index (χ4n) is 3.47. The number of carbonyl (C=O) groups excluding carboxylic acids is 2. The highest BCUT2D eigenvalue weighted by atomic mass is 16.1. The predicted octanol–water partition coefficient (Wildman–Crippen LogP) is 8.94. The Labute approximate surface area is 209 Å². The van der Waals surface area contributed by atoms with E-state index in [2.05, 4.69) is 95.7 Å². The molecule has 1 aromatic carbocycles. The minimum atomic E-state index is -0.149. The van der Waals surface area contributed by atoms with Crippen molar-refractivity contribution < 1.29 is 9.59 Å². The maximum Gasteiger partial charge on any atom is 0.170 e. The van der Waals surface area contributed by atoms with Crippen LogP contribution < -0.4 is 0 Å². The van der Waals surface area contributed by atoms with E-state index in [4.69, 9.17) is 0 Å². The number of Topliss-reactive ketones (excluding diaryl/α,β-unsaturated/α-hetero) is 2. The van der Waals surface area contributed by atoms with Crippen molar-refractivity contribution in [2.75, 3.05) is 0 Å². The standard InChI is InChI=1S/C32H48O2/c1-22(30(5,6)7)14-15-23(18-19-29(2,3)4)27(33)21-28(34)24-16-17-25(31(8,9)10)26(20-24)32(11,12)13/h14-18,20H,1,19,21H2,2-13H3/b15-14-,23-18+. The van der Waals surface area contributed by atoms with Gasteiger partial charge in [0.2, 0.25) is 0 Å². The van der Waals surface area contributed by atoms with Gasteiger partial charge < -0.3 is 0 Å². The van der Waals surface area contributed by atoms with Crippen molar-refractivity contribution >= 4 is 11.6 Å². The van der Waals surface area contributed by atoms with Crippen LogP contribution in [-0.4, -0.2) is 11.6 Å². The summed E-state index contributed by atoms with van der Waals surface area (Å²) in [6.07, 6.45) is 6.32. The van der Waals surface area contributed by atoms with Crippen LogP contribution in [0.3, 0.4) is 0 Å². The second-order valence-electron chi connectivity index (χ2n) is 13.8. The summed E-state index contributed by atoms with van der Waals surface area (Å²) in [5, 5.41) is 0. The van der Waals surface area contributed by atoms with E-state index in [9.17, 15) is 9.59 Å². The lowest BCUT2D eigenvalue weighted by molar-refractivity contribution is -0.114. The molecule has 0 saturated heterocycles. The second kappa shape index (κ2) is 10.6. The van der Waals surface area contributed by atoms with Gasteiger partial charge in [0.05, 0.1) is 6.42 Å². The highest BCUT2D eigenvalue weighted by molar-refractivity contribution is 6.14. The Balaban J connectivity index is 3.30. The molecule has 0 radical (unpaired) electrons. The highest BCUT2D eigenvalue weighted by Crippen LogP contribution is 2.35. The molecule has 188 valence electrons. The lowest BCUT2D eigenvalue weighted by Crippen LogP contribution is -2.23. The zero-order chi connectivity index (χ0) is 26.7. The van der Waals surface area contributed by atoms with E-state index in [1.807, 2.05) is 30.4 Å². The van der Waals surface area contributed by atoms with Gasteiger partial charge in [-0.05, 0) is 50.8 Å². The van der Waals surface area contributed by atoms with Crippen molar-refractivity contribution in [3.63, 3.8) is 0 Å².